The minimum Gasteiger partial charge on any atom is -0.314 e. The Morgan fingerprint density at radius 1 is 1.12 bits per heavy atom. The molecule has 2 aromatic carbocycles. The number of fused-ring (bicyclic) bond motifs is 4. The maximum absolute atomic E-state index is 13.6. The standard InChI is InChI=1S/C18H15Cl2FN2O/c19-15-5-3-12(9-16(15)20)22-18(24)23-13-4-6-17(23)14-8-11(21)2-1-10(14)7-13/h1-3,5,8-9,13,17H,4,6-7H2,(H,22,24)/t13-,17+/m1/s1. The first-order chi connectivity index (χ1) is 11.5. The average molecular weight is 365 g/mol. The Bertz CT molecular complexity index is 827. The molecule has 2 aromatic rings. The molecule has 3 nitrogen and oxygen atoms in total. The predicted octanol–water partition coefficient (Wildman–Crippen LogP) is 5.43. The molecule has 2 aliphatic rings. The summed E-state index contributed by atoms with van der Waals surface area (Å²) in [4.78, 5) is 14.6. The Morgan fingerprint density at radius 2 is 1.96 bits per heavy atom. The van der Waals surface area contributed by atoms with Crippen molar-refractivity contribution in [1.82, 2.24) is 4.90 Å². The number of rotatable bonds is 1. The highest BCUT2D eigenvalue weighted by atomic mass is 35.5. The van der Waals surface area contributed by atoms with Crippen LogP contribution in [0.25, 0.3) is 0 Å². The highest BCUT2D eigenvalue weighted by Gasteiger charge is 2.42. The van der Waals surface area contributed by atoms with Crippen molar-refractivity contribution < 1.29 is 9.18 Å². The molecule has 2 amide bonds. The lowest BCUT2D eigenvalue weighted by molar-refractivity contribution is 0.179. The van der Waals surface area contributed by atoms with Gasteiger partial charge in [0.15, 0.2) is 0 Å². The Kier molecular flexibility index (Phi) is 3.89. The van der Waals surface area contributed by atoms with E-state index in [1.54, 1.807) is 24.3 Å². The number of benzene rings is 2. The van der Waals surface area contributed by atoms with E-state index >= 15 is 0 Å². The maximum Gasteiger partial charge on any atom is 0.322 e. The molecule has 1 fully saturated rings. The van der Waals surface area contributed by atoms with Crippen LogP contribution in [0, 0.1) is 5.82 Å². The highest BCUT2D eigenvalue weighted by Crippen LogP contribution is 2.44. The minimum atomic E-state index is -0.260. The number of nitrogens with one attached hydrogen (secondary N) is 1. The van der Waals surface area contributed by atoms with Crippen LogP contribution in [-0.4, -0.2) is 17.0 Å². The van der Waals surface area contributed by atoms with Crippen LogP contribution in [0.3, 0.4) is 0 Å². The molecule has 0 spiro atoms. The molecule has 0 aromatic heterocycles. The lowest BCUT2D eigenvalue weighted by atomic mass is 9.93. The quantitative estimate of drug-likeness (QED) is 0.719. The molecule has 0 saturated carbocycles. The van der Waals surface area contributed by atoms with Gasteiger partial charge in [-0.1, -0.05) is 29.3 Å². The molecule has 0 aliphatic carbocycles. The van der Waals surface area contributed by atoms with Gasteiger partial charge in [0, 0.05) is 11.7 Å². The van der Waals surface area contributed by atoms with Gasteiger partial charge in [0.2, 0.25) is 0 Å². The summed E-state index contributed by atoms with van der Waals surface area (Å²) in [6, 6.07) is 9.76. The Morgan fingerprint density at radius 3 is 2.75 bits per heavy atom. The van der Waals surface area contributed by atoms with E-state index in [1.807, 2.05) is 11.0 Å². The third kappa shape index (κ3) is 2.64. The Hall–Kier alpha value is -1.78. The number of urea groups is 1. The molecule has 6 heteroatoms. The van der Waals surface area contributed by atoms with E-state index in [-0.39, 0.29) is 23.9 Å². The fourth-order valence-corrected chi connectivity index (χ4v) is 4.07. The van der Waals surface area contributed by atoms with Gasteiger partial charge in [-0.25, -0.2) is 9.18 Å². The molecule has 0 radical (unpaired) electrons. The SMILES string of the molecule is O=C(Nc1ccc(Cl)c(Cl)c1)N1[C@@H]2CC[C@H]1c1cc(F)ccc1C2. The zero-order valence-electron chi connectivity index (χ0n) is 12.7. The van der Waals surface area contributed by atoms with Crippen molar-refractivity contribution in [2.45, 2.75) is 31.3 Å². The zero-order chi connectivity index (χ0) is 16.8. The maximum atomic E-state index is 13.6. The number of hydrogen-bond donors (Lipinski definition) is 1. The second-order valence-electron chi connectivity index (χ2n) is 6.26. The summed E-state index contributed by atoms with van der Waals surface area (Å²) in [6.07, 6.45) is 2.55. The lowest BCUT2D eigenvalue weighted by Gasteiger charge is -2.36. The molecular formula is C18H15Cl2FN2O. The van der Waals surface area contributed by atoms with Crippen LogP contribution in [0.15, 0.2) is 36.4 Å². The van der Waals surface area contributed by atoms with Gasteiger partial charge < -0.3 is 10.2 Å². The number of carbonyl (C=O) groups excluding carboxylic acids is 1. The molecule has 2 heterocycles. The number of halogens is 3. The van der Waals surface area contributed by atoms with Crippen molar-refractivity contribution >= 4 is 34.9 Å². The minimum absolute atomic E-state index is 0.0720. The first-order valence-corrected chi connectivity index (χ1v) is 8.61. The van der Waals surface area contributed by atoms with Crippen LogP contribution in [-0.2, 0) is 6.42 Å². The van der Waals surface area contributed by atoms with Crippen molar-refractivity contribution in [3.63, 3.8) is 0 Å². The molecule has 1 N–H and O–H groups in total. The van der Waals surface area contributed by atoms with Crippen molar-refractivity contribution in [3.05, 3.63) is 63.4 Å². The Labute approximate surface area is 149 Å². The van der Waals surface area contributed by atoms with Crippen molar-refractivity contribution in [2.24, 2.45) is 0 Å². The first kappa shape index (κ1) is 15.7. The summed E-state index contributed by atoms with van der Waals surface area (Å²) in [7, 11) is 0. The van der Waals surface area contributed by atoms with Gasteiger partial charge in [0.05, 0.1) is 16.1 Å². The lowest BCUT2D eigenvalue weighted by Crippen LogP contribution is -2.44. The summed E-state index contributed by atoms with van der Waals surface area (Å²) in [5, 5.41) is 3.71. The van der Waals surface area contributed by atoms with Gasteiger partial charge in [0.25, 0.3) is 0 Å². The molecule has 0 unspecified atom stereocenters. The van der Waals surface area contributed by atoms with Gasteiger partial charge in [-0.2, -0.15) is 0 Å². The van der Waals surface area contributed by atoms with E-state index in [4.69, 9.17) is 23.2 Å². The van der Waals surface area contributed by atoms with Gasteiger partial charge in [-0.3, -0.25) is 0 Å². The molecule has 124 valence electrons. The fourth-order valence-electron chi connectivity index (χ4n) is 3.77. The molecule has 1 saturated heterocycles. The third-order valence-electron chi connectivity index (χ3n) is 4.83. The topological polar surface area (TPSA) is 32.3 Å². The monoisotopic (exact) mass is 364 g/mol. The van der Waals surface area contributed by atoms with E-state index in [9.17, 15) is 9.18 Å². The van der Waals surface area contributed by atoms with Gasteiger partial charge in [-0.15, -0.1) is 0 Å². The average Bonchev–Trinajstić information content (AvgIpc) is 2.88. The number of amides is 2. The van der Waals surface area contributed by atoms with E-state index in [0.29, 0.717) is 15.7 Å². The van der Waals surface area contributed by atoms with E-state index in [0.717, 1.165) is 30.4 Å². The number of nitrogens with zero attached hydrogens (tertiary/aromatic N) is 1. The summed E-state index contributed by atoms with van der Waals surface area (Å²) in [5.41, 5.74) is 2.66. The second kappa shape index (κ2) is 5.94. The van der Waals surface area contributed by atoms with Gasteiger partial charge >= 0.3 is 6.03 Å². The van der Waals surface area contributed by atoms with Crippen LogP contribution >= 0.6 is 23.2 Å². The third-order valence-corrected chi connectivity index (χ3v) is 5.57. The summed E-state index contributed by atoms with van der Waals surface area (Å²) < 4.78 is 13.6. The molecule has 4 rings (SSSR count). The molecule has 2 aliphatic heterocycles. The van der Waals surface area contributed by atoms with E-state index in [1.165, 1.54) is 6.07 Å². The molecule has 2 atom stereocenters. The van der Waals surface area contributed by atoms with Gasteiger partial charge in [-0.05, 0) is 60.7 Å². The van der Waals surface area contributed by atoms with Crippen LogP contribution in [0.4, 0.5) is 14.9 Å². The predicted molar refractivity (Wildman–Crippen MR) is 93.2 cm³/mol. The normalized spacial score (nSPS) is 21.5. The number of hydrogen-bond acceptors (Lipinski definition) is 1. The van der Waals surface area contributed by atoms with Crippen molar-refractivity contribution in [3.8, 4) is 0 Å². The molecule has 2 bridgehead atoms. The summed E-state index contributed by atoms with van der Waals surface area (Å²) in [6.45, 7) is 0. The first-order valence-electron chi connectivity index (χ1n) is 7.85. The Balaban J connectivity index is 1.60. The van der Waals surface area contributed by atoms with Crippen LogP contribution in [0.1, 0.15) is 30.0 Å². The van der Waals surface area contributed by atoms with Crippen molar-refractivity contribution in [2.75, 3.05) is 5.32 Å². The summed E-state index contributed by atoms with van der Waals surface area (Å²) >= 11 is 11.9. The van der Waals surface area contributed by atoms with Crippen LogP contribution < -0.4 is 5.32 Å². The summed E-state index contributed by atoms with van der Waals surface area (Å²) in [5.74, 6) is -0.260. The van der Waals surface area contributed by atoms with Crippen LogP contribution in [0.5, 0.6) is 0 Å². The smallest absolute Gasteiger partial charge is 0.314 e. The van der Waals surface area contributed by atoms with Crippen molar-refractivity contribution in [1.29, 1.82) is 0 Å². The second-order valence-corrected chi connectivity index (χ2v) is 7.07. The van der Waals surface area contributed by atoms with E-state index in [2.05, 4.69) is 5.32 Å². The molecule has 24 heavy (non-hydrogen) atoms. The number of anilines is 1. The number of carbonyl (C=O) groups is 1. The highest BCUT2D eigenvalue weighted by molar-refractivity contribution is 6.42. The zero-order valence-corrected chi connectivity index (χ0v) is 14.2. The van der Waals surface area contributed by atoms with E-state index < -0.39 is 0 Å². The van der Waals surface area contributed by atoms with Crippen LogP contribution in [0.2, 0.25) is 10.0 Å². The largest absolute Gasteiger partial charge is 0.322 e. The van der Waals surface area contributed by atoms with Gasteiger partial charge in [0.1, 0.15) is 5.82 Å². The molecular weight excluding hydrogens is 350 g/mol. The fraction of sp³-hybridized carbons (Fsp3) is 0.278.